The molecule has 0 aromatic heterocycles. The zero-order valence-electron chi connectivity index (χ0n) is 25.6. The van der Waals surface area contributed by atoms with Gasteiger partial charge in [0.05, 0.1) is 11.9 Å². The zero-order chi connectivity index (χ0) is 30.7. The van der Waals surface area contributed by atoms with Crippen LogP contribution >= 0.6 is 0 Å². The third-order valence-electron chi connectivity index (χ3n) is 7.22. The van der Waals surface area contributed by atoms with E-state index in [1.807, 2.05) is 93.6 Å². The van der Waals surface area contributed by atoms with Crippen LogP contribution in [0, 0.1) is 20.8 Å². The summed E-state index contributed by atoms with van der Waals surface area (Å²) in [4.78, 5) is 29.2. The van der Waals surface area contributed by atoms with Crippen molar-refractivity contribution < 1.29 is 18.0 Å². The maximum Gasteiger partial charge on any atom is 0.243 e. The van der Waals surface area contributed by atoms with Crippen LogP contribution in [-0.2, 0) is 32.6 Å². The van der Waals surface area contributed by atoms with Crippen LogP contribution in [-0.4, -0.2) is 50.5 Å². The molecule has 8 heteroatoms. The number of carbonyl (C=O) groups is 2. The molecule has 3 rings (SSSR count). The Morgan fingerprint density at radius 2 is 1.48 bits per heavy atom. The highest BCUT2D eigenvalue weighted by Crippen LogP contribution is 2.23. The van der Waals surface area contributed by atoms with Gasteiger partial charge in [-0.1, -0.05) is 79.6 Å². The first-order valence-corrected chi connectivity index (χ1v) is 16.6. The molecule has 0 bridgehead atoms. The van der Waals surface area contributed by atoms with E-state index in [2.05, 4.69) is 12.2 Å². The van der Waals surface area contributed by atoms with E-state index in [9.17, 15) is 18.0 Å². The Balaban J connectivity index is 1.88. The molecule has 0 fully saturated rings. The standard InChI is InChI=1S/C34H45N3O4S/c1-6-7-19-35-34(39)32(24-29-12-9-8-10-13-29)36(25-30-17-15-26(2)16-18-30)33(38)14-11-20-37(42(5,40)41)31-22-27(3)21-28(4)23-31/h8-10,12-13,15-18,21-23,32H,6-7,11,14,19-20,24-25H2,1-5H3,(H,35,39). The van der Waals surface area contributed by atoms with Crippen LogP contribution in [0.3, 0.4) is 0 Å². The number of anilines is 1. The molecule has 1 unspecified atom stereocenters. The molecule has 0 saturated heterocycles. The van der Waals surface area contributed by atoms with Gasteiger partial charge in [0.2, 0.25) is 21.8 Å². The molecule has 0 saturated carbocycles. The number of amides is 2. The largest absolute Gasteiger partial charge is 0.354 e. The van der Waals surface area contributed by atoms with Gasteiger partial charge in [0.25, 0.3) is 0 Å². The average molecular weight is 592 g/mol. The highest BCUT2D eigenvalue weighted by atomic mass is 32.2. The molecule has 0 spiro atoms. The summed E-state index contributed by atoms with van der Waals surface area (Å²) in [5.41, 5.74) is 5.54. The number of sulfonamides is 1. The Morgan fingerprint density at radius 1 is 0.833 bits per heavy atom. The molecule has 226 valence electrons. The molecule has 0 heterocycles. The third kappa shape index (κ3) is 10.0. The maximum atomic E-state index is 13.9. The summed E-state index contributed by atoms with van der Waals surface area (Å²) in [5, 5.41) is 3.04. The number of carbonyl (C=O) groups excluding carboxylic acids is 2. The van der Waals surface area contributed by atoms with Gasteiger partial charge in [-0.3, -0.25) is 13.9 Å². The number of aryl methyl sites for hydroxylation is 3. The quantitative estimate of drug-likeness (QED) is 0.229. The van der Waals surface area contributed by atoms with Gasteiger partial charge in [0.1, 0.15) is 6.04 Å². The highest BCUT2D eigenvalue weighted by molar-refractivity contribution is 7.92. The molecule has 3 aromatic carbocycles. The van der Waals surface area contributed by atoms with Crippen LogP contribution < -0.4 is 9.62 Å². The normalized spacial score (nSPS) is 12.0. The monoisotopic (exact) mass is 591 g/mol. The molecule has 42 heavy (non-hydrogen) atoms. The minimum Gasteiger partial charge on any atom is -0.354 e. The topological polar surface area (TPSA) is 86.8 Å². The van der Waals surface area contributed by atoms with Crippen molar-refractivity contribution in [2.24, 2.45) is 0 Å². The summed E-state index contributed by atoms with van der Waals surface area (Å²) < 4.78 is 26.8. The van der Waals surface area contributed by atoms with Gasteiger partial charge < -0.3 is 10.2 Å². The Bertz CT molecular complexity index is 1400. The van der Waals surface area contributed by atoms with Crippen molar-refractivity contribution in [1.82, 2.24) is 10.2 Å². The molecule has 1 atom stereocenters. The van der Waals surface area contributed by atoms with E-state index >= 15 is 0 Å². The second kappa shape index (κ2) is 15.5. The van der Waals surface area contributed by atoms with Crippen molar-refractivity contribution in [1.29, 1.82) is 0 Å². The highest BCUT2D eigenvalue weighted by Gasteiger charge is 2.30. The Hall–Kier alpha value is -3.65. The Labute approximate surface area is 252 Å². The second-order valence-electron chi connectivity index (χ2n) is 11.1. The summed E-state index contributed by atoms with van der Waals surface area (Å²) in [6, 6.07) is 22.7. The van der Waals surface area contributed by atoms with Crippen molar-refractivity contribution in [3.05, 3.63) is 101 Å². The number of hydrogen-bond acceptors (Lipinski definition) is 4. The Kier molecular flexibility index (Phi) is 12.2. The van der Waals surface area contributed by atoms with E-state index in [0.29, 0.717) is 25.1 Å². The summed E-state index contributed by atoms with van der Waals surface area (Å²) in [6.45, 7) is 8.94. The number of nitrogens with zero attached hydrogens (tertiary/aromatic N) is 2. The van der Waals surface area contributed by atoms with Crippen LogP contribution in [0.5, 0.6) is 0 Å². The molecule has 0 radical (unpaired) electrons. The molecule has 1 N–H and O–H groups in total. The number of nitrogens with one attached hydrogen (secondary N) is 1. The van der Waals surface area contributed by atoms with Crippen molar-refractivity contribution in [3.63, 3.8) is 0 Å². The molecular formula is C34H45N3O4S. The molecule has 3 aromatic rings. The van der Waals surface area contributed by atoms with Crippen LogP contribution in [0.15, 0.2) is 72.8 Å². The molecule has 2 amide bonds. The zero-order valence-corrected chi connectivity index (χ0v) is 26.4. The van der Waals surface area contributed by atoms with Gasteiger partial charge >= 0.3 is 0 Å². The van der Waals surface area contributed by atoms with Gasteiger partial charge in [-0.2, -0.15) is 0 Å². The fourth-order valence-corrected chi connectivity index (χ4v) is 6.00. The molecule has 0 aliphatic rings. The van der Waals surface area contributed by atoms with Gasteiger partial charge in [-0.15, -0.1) is 0 Å². The predicted molar refractivity (Wildman–Crippen MR) is 171 cm³/mol. The van der Waals surface area contributed by atoms with Crippen molar-refractivity contribution in [2.45, 2.75) is 72.4 Å². The summed E-state index contributed by atoms with van der Waals surface area (Å²) >= 11 is 0. The van der Waals surface area contributed by atoms with Crippen LogP contribution in [0.1, 0.15) is 60.4 Å². The SMILES string of the molecule is CCCCNC(=O)C(Cc1ccccc1)N(Cc1ccc(C)cc1)C(=O)CCCN(c1cc(C)cc(C)c1)S(C)(=O)=O. The van der Waals surface area contributed by atoms with Gasteiger partial charge in [-0.25, -0.2) is 8.42 Å². The smallest absolute Gasteiger partial charge is 0.243 e. The van der Waals surface area contributed by atoms with Crippen molar-refractivity contribution in [3.8, 4) is 0 Å². The summed E-state index contributed by atoms with van der Waals surface area (Å²) in [6.07, 6.45) is 3.80. The molecule has 0 aliphatic heterocycles. The minimum atomic E-state index is -3.56. The fourth-order valence-electron chi connectivity index (χ4n) is 5.05. The number of hydrogen-bond donors (Lipinski definition) is 1. The number of unbranched alkanes of at least 4 members (excludes halogenated alkanes) is 1. The minimum absolute atomic E-state index is 0.107. The van der Waals surface area contributed by atoms with Crippen molar-refractivity contribution >= 4 is 27.5 Å². The average Bonchev–Trinajstić information content (AvgIpc) is 2.93. The van der Waals surface area contributed by atoms with Gasteiger partial charge in [-0.05, 0) is 68.0 Å². The van der Waals surface area contributed by atoms with Gasteiger partial charge in [0, 0.05) is 32.5 Å². The van der Waals surface area contributed by atoms with E-state index in [1.165, 1.54) is 10.6 Å². The van der Waals surface area contributed by atoms with E-state index in [1.54, 1.807) is 4.90 Å². The van der Waals surface area contributed by atoms with Gasteiger partial charge in [0.15, 0.2) is 0 Å². The molecule has 0 aliphatic carbocycles. The lowest BCUT2D eigenvalue weighted by Crippen LogP contribution is -2.50. The van der Waals surface area contributed by atoms with Crippen LogP contribution in [0.25, 0.3) is 0 Å². The van der Waals surface area contributed by atoms with E-state index in [-0.39, 0.29) is 31.3 Å². The predicted octanol–water partition coefficient (Wildman–Crippen LogP) is 5.71. The van der Waals surface area contributed by atoms with E-state index in [4.69, 9.17) is 0 Å². The van der Waals surface area contributed by atoms with E-state index < -0.39 is 16.1 Å². The Morgan fingerprint density at radius 3 is 2.07 bits per heavy atom. The lowest BCUT2D eigenvalue weighted by Gasteiger charge is -2.32. The van der Waals surface area contributed by atoms with Crippen molar-refractivity contribution in [2.75, 3.05) is 23.7 Å². The lowest BCUT2D eigenvalue weighted by atomic mass is 10.0. The number of benzene rings is 3. The molecular weight excluding hydrogens is 546 g/mol. The first kappa shape index (κ1) is 32.9. The van der Waals surface area contributed by atoms with Crippen LogP contribution in [0.4, 0.5) is 5.69 Å². The fraction of sp³-hybridized carbons (Fsp3) is 0.412. The first-order valence-electron chi connectivity index (χ1n) is 14.7. The third-order valence-corrected chi connectivity index (χ3v) is 8.41. The summed E-state index contributed by atoms with van der Waals surface area (Å²) in [5.74, 6) is -0.364. The number of rotatable bonds is 15. The van der Waals surface area contributed by atoms with E-state index in [0.717, 1.165) is 40.7 Å². The summed E-state index contributed by atoms with van der Waals surface area (Å²) in [7, 11) is -3.56. The maximum absolute atomic E-state index is 13.9. The lowest BCUT2D eigenvalue weighted by molar-refractivity contribution is -0.141. The molecule has 7 nitrogen and oxygen atoms in total. The van der Waals surface area contributed by atoms with Crippen LogP contribution in [0.2, 0.25) is 0 Å². The second-order valence-corrected chi connectivity index (χ2v) is 13.0. The first-order chi connectivity index (χ1) is 20.0.